The number of nitrogens with two attached hydrogens (primary N) is 1. The van der Waals surface area contributed by atoms with Crippen LogP contribution in [0.5, 0.6) is 0 Å². The molecule has 2 N–H and O–H groups in total. The van der Waals surface area contributed by atoms with Crippen molar-refractivity contribution in [3.8, 4) is 0 Å². The molecule has 0 saturated carbocycles. The molecule has 9 nitrogen and oxygen atoms in total. The van der Waals surface area contributed by atoms with Crippen LogP contribution in [0.2, 0.25) is 5.02 Å². The number of carbonyl (C=O) groups excluding carboxylic acids is 2. The van der Waals surface area contributed by atoms with Crippen molar-refractivity contribution < 1.29 is 28.7 Å². The minimum Gasteiger partial charge on any atom is -0.466 e. The van der Waals surface area contributed by atoms with Gasteiger partial charge in [-0.1, -0.05) is 11.6 Å². The second-order valence-electron chi connectivity index (χ2n) is 5.46. The van der Waals surface area contributed by atoms with Gasteiger partial charge in [0.25, 0.3) is 5.69 Å². The smallest absolute Gasteiger partial charge is 0.340 e. The Bertz CT molecular complexity index is 876. The quantitative estimate of drug-likeness (QED) is 0.456. The van der Waals surface area contributed by atoms with Gasteiger partial charge in [-0.25, -0.2) is 9.59 Å². The average molecular weight is 397 g/mol. The Labute approximate surface area is 159 Å². The molecule has 1 atom stereocenters. The first-order valence-corrected chi connectivity index (χ1v) is 8.18. The van der Waals surface area contributed by atoms with Gasteiger partial charge in [0.2, 0.25) is 5.88 Å². The summed E-state index contributed by atoms with van der Waals surface area (Å²) < 4.78 is 15.1. The molecule has 1 aliphatic rings. The summed E-state index contributed by atoms with van der Waals surface area (Å²) in [6, 6.07) is 3.67. The van der Waals surface area contributed by atoms with Crippen molar-refractivity contribution in [3.63, 3.8) is 0 Å². The third-order valence-corrected chi connectivity index (χ3v) is 4.23. The molecule has 144 valence electrons. The normalized spacial score (nSPS) is 16.7. The van der Waals surface area contributed by atoms with E-state index in [4.69, 9.17) is 31.5 Å². The molecule has 2 rings (SSSR count). The molecule has 10 heteroatoms. The van der Waals surface area contributed by atoms with Crippen LogP contribution in [-0.4, -0.2) is 30.6 Å². The number of hydrogen-bond donors (Lipinski definition) is 1. The van der Waals surface area contributed by atoms with E-state index in [1.54, 1.807) is 6.92 Å². The molecule has 0 aliphatic carbocycles. The summed E-state index contributed by atoms with van der Waals surface area (Å²) in [5, 5.41) is 11.3. The number of esters is 2. The molecule has 1 aliphatic heterocycles. The van der Waals surface area contributed by atoms with Crippen molar-refractivity contribution >= 4 is 29.2 Å². The highest BCUT2D eigenvalue weighted by Gasteiger charge is 2.41. The molecule has 27 heavy (non-hydrogen) atoms. The Morgan fingerprint density at radius 3 is 2.56 bits per heavy atom. The van der Waals surface area contributed by atoms with Gasteiger partial charge in [-0.2, -0.15) is 0 Å². The average Bonchev–Trinajstić information content (AvgIpc) is 2.60. The monoisotopic (exact) mass is 396 g/mol. The molecule has 1 heterocycles. The molecule has 1 unspecified atom stereocenters. The van der Waals surface area contributed by atoms with Crippen LogP contribution in [0, 0.1) is 10.1 Å². The third-order valence-electron chi connectivity index (χ3n) is 3.89. The zero-order valence-electron chi connectivity index (χ0n) is 14.8. The highest BCUT2D eigenvalue weighted by atomic mass is 35.5. The van der Waals surface area contributed by atoms with Crippen molar-refractivity contribution in [1.82, 2.24) is 0 Å². The fourth-order valence-electron chi connectivity index (χ4n) is 2.74. The summed E-state index contributed by atoms with van der Waals surface area (Å²) in [5.74, 6) is -2.99. The molecule has 0 radical (unpaired) electrons. The molecular weight excluding hydrogens is 380 g/mol. The van der Waals surface area contributed by atoms with Gasteiger partial charge in [0, 0.05) is 17.2 Å². The standard InChI is InChI=1S/C17H17ClN2O7/c1-4-26-17(22)14-13(10-7-9(20(23)24)5-6-11(10)18)12(16(21)25-3)8(2)27-15(14)19/h5-7,13H,4,19H2,1-3H3. The number of non-ortho nitro benzene ring substituents is 1. The highest BCUT2D eigenvalue weighted by Crippen LogP contribution is 2.43. The van der Waals surface area contributed by atoms with Crippen LogP contribution >= 0.6 is 11.6 Å². The first-order valence-electron chi connectivity index (χ1n) is 7.80. The van der Waals surface area contributed by atoms with E-state index in [0.717, 1.165) is 7.11 Å². The second-order valence-corrected chi connectivity index (χ2v) is 5.87. The number of nitro groups is 1. The van der Waals surface area contributed by atoms with Gasteiger partial charge in [-0.3, -0.25) is 10.1 Å². The molecule has 0 saturated heterocycles. The SMILES string of the molecule is CCOC(=O)C1=C(N)OC(C)=C(C(=O)OC)C1c1cc([N+](=O)[O-])ccc1Cl. The molecule has 0 bridgehead atoms. The minimum absolute atomic E-state index is 0.0429. The number of nitrogens with zero attached hydrogens (tertiary/aromatic N) is 1. The highest BCUT2D eigenvalue weighted by molar-refractivity contribution is 6.31. The third kappa shape index (κ3) is 3.87. The van der Waals surface area contributed by atoms with Crippen LogP contribution < -0.4 is 5.73 Å². The van der Waals surface area contributed by atoms with E-state index in [1.807, 2.05) is 0 Å². The molecule has 1 aromatic rings. The maximum absolute atomic E-state index is 12.5. The number of rotatable bonds is 5. The number of nitro benzene ring substituents is 1. The zero-order chi connectivity index (χ0) is 20.3. The van der Waals surface area contributed by atoms with E-state index >= 15 is 0 Å². The summed E-state index contributed by atoms with van der Waals surface area (Å²) in [6.45, 7) is 3.09. The van der Waals surface area contributed by atoms with E-state index in [1.165, 1.54) is 25.1 Å². The van der Waals surface area contributed by atoms with Gasteiger partial charge >= 0.3 is 11.9 Å². The van der Waals surface area contributed by atoms with Crippen molar-refractivity contribution in [3.05, 3.63) is 61.7 Å². The van der Waals surface area contributed by atoms with Gasteiger partial charge < -0.3 is 19.9 Å². The number of hydrogen-bond acceptors (Lipinski definition) is 8. The summed E-state index contributed by atoms with van der Waals surface area (Å²) in [7, 11) is 1.15. The topological polar surface area (TPSA) is 131 Å². The number of carbonyl (C=O) groups is 2. The van der Waals surface area contributed by atoms with Gasteiger partial charge in [0.1, 0.15) is 11.3 Å². The number of allylic oxidation sites excluding steroid dienone is 1. The number of halogens is 1. The van der Waals surface area contributed by atoms with Crippen LogP contribution in [0.3, 0.4) is 0 Å². The van der Waals surface area contributed by atoms with E-state index < -0.39 is 22.8 Å². The fourth-order valence-corrected chi connectivity index (χ4v) is 2.97. The maximum Gasteiger partial charge on any atom is 0.340 e. The Kier molecular flexibility index (Phi) is 6.06. The van der Waals surface area contributed by atoms with Gasteiger partial charge in [0.15, 0.2) is 0 Å². The fraction of sp³-hybridized carbons (Fsp3) is 0.294. The summed E-state index contributed by atoms with van der Waals surface area (Å²) in [5.41, 5.74) is 5.48. The zero-order valence-corrected chi connectivity index (χ0v) is 15.5. The summed E-state index contributed by atoms with van der Waals surface area (Å²) >= 11 is 6.24. The van der Waals surface area contributed by atoms with Gasteiger partial charge in [0.05, 0.1) is 30.1 Å². The number of methoxy groups -OCH3 is 1. The first kappa shape index (κ1) is 20.2. The maximum atomic E-state index is 12.5. The lowest BCUT2D eigenvalue weighted by Gasteiger charge is -2.28. The van der Waals surface area contributed by atoms with E-state index in [2.05, 4.69) is 0 Å². The second kappa shape index (κ2) is 8.09. The van der Waals surface area contributed by atoms with E-state index in [9.17, 15) is 19.7 Å². The molecule has 0 amide bonds. The van der Waals surface area contributed by atoms with Crippen LogP contribution in [0.25, 0.3) is 0 Å². The predicted octanol–water partition coefficient (Wildman–Crippen LogP) is 2.54. The van der Waals surface area contributed by atoms with E-state index in [-0.39, 0.29) is 45.7 Å². The Hall–Kier alpha value is -3.07. The van der Waals surface area contributed by atoms with Gasteiger partial charge in [-0.15, -0.1) is 0 Å². The molecular formula is C17H17ClN2O7. The van der Waals surface area contributed by atoms with Crippen LogP contribution in [0.1, 0.15) is 25.3 Å². The lowest BCUT2D eigenvalue weighted by atomic mass is 9.82. The lowest BCUT2D eigenvalue weighted by molar-refractivity contribution is -0.384. The molecule has 1 aromatic carbocycles. The summed E-state index contributed by atoms with van der Waals surface area (Å²) in [4.78, 5) is 35.4. The number of benzene rings is 1. The predicted molar refractivity (Wildman–Crippen MR) is 94.5 cm³/mol. The van der Waals surface area contributed by atoms with Crippen molar-refractivity contribution in [2.24, 2.45) is 5.73 Å². The van der Waals surface area contributed by atoms with Crippen LogP contribution in [0.4, 0.5) is 5.69 Å². The van der Waals surface area contributed by atoms with E-state index in [0.29, 0.717) is 0 Å². The van der Waals surface area contributed by atoms with Crippen LogP contribution in [-0.2, 0) is 23.8 Å². The Morgan fingerprint density at radius 1 is 1.33 bits per heavy atom. The van der Waals surface area contributed by atoms with Crippen molar-refractivity contribution in [2.75, 3.05) is 13.7 Å². The van der Waals surface area contributed by atoms with Crippen molar-refractivity contribution in [1.29, 1.82) is 0 Å². The molecule has 0 aromatic heterocycles. The Morgan fingerprint density at radius 2 is 2.00 bits per heavy atom. The Balaban J connectivity index is 2.78. The van der Waals surface area contributed by atoms with Crippen molar-refractivity contribution in [2.45, 2.75) is 19.8 Å². The minimum atomic E-state index is -1.15. The molecule has 0 fully saturated rings. The summed E-state index contributed by atoms with van der Waals surface area (Å²) in [6.07, 6.45) is 0. The first-order chi connectivity index (χ1) is 12.7. The largest absolute Gasteiger partial charge is 0.466 e. The lowest BCUT2D eigenvalue weighted by Crippen LogP contribution is -2.30. The number of ether oxygens (including phenoxy) is 3. The molecule has 0 spiro atoms. The van der Waals surface area contributed by atoms with Crippen LogP contribution in [0.15, 0.2) is 41.0 Å². The van der Waals surface area contributed by atoms with Gasteiger partial charge in [-0.05, 0) is 25.5 Å².